The third-order valence-corrected chi connectivity index (χ3v) is 3.61. The van der Waals surface area contributed by atoms with E-state index in [9.17, 15) is 9.50 Å². The van der Waals surface area contributed by atoms with Gasteiger partial charge in [-0.1, -0.05) is 24.6 Å². The Morgan fingerprint density at radius 3 is 2.81 bits per heavy atom. The number of imidazole rings is 1. The molecule has 0 unspecified atom stereocenters. The van der Waals surface area contributed by atoms with Gasteiger partial charge in [-0.3, -0.25) is 0 Å². The number of hydrogen-bond donors (Lipinski definition) is 1. The molecule has 1 aromatic heterocycles. The van der Waals surface area contributed by atoms with Crippen molar-refractivity contribution in [1.29, 1.82) is 0 Å². The molecule has 0 spiro atoms. The van der Waals surface area contributed by atoms with Gasteiger partial charge < -0.3 is 9.67 Å². The van der Waals surface area contributed by atoms with Crippen LogP contribution in [0.15, 0.2) is 36.4 Å². The Morgan fingerprint density at radius 1 is 1.29 bits per heavy atom. The smallest absolute Gasteiger partial charge is 0.151 e. The highest BCUT2D eigenvalue weighted by atomic mass is 35.5. The zero-order valence-electron chi connectivity index (χ0n) is 11.5. The standard InChI is InChI=1S/C16H14ClFN2O/c1-2-8-20-13-5-3-4-12(18)15(13)19-16(20)11-7-6-10(17)9-14(11)21/h3-7,9,21H,2,8H2,1H3. The van der Waals surface area contributed by atoms with E-state index >= 15 is 0 Å². The van der Waals surface area contributed by atoms with Gasteiger partial charge in [0.1, 0.15) is 17.1 Å². The third-order valence-electron chi connectivity index (χ3n) is 3.38. The zero-order chi connectivity index (χ0) is 15.0. The van der Waals surface area contributed by atoms with Crippen LogP contribution in [0.3, 0.4) is 0 Å². The first kappa shape index (κ1) is 13.9. The van der Waals surface area contributed by atoms with Crippen molar-refractivity contribution in [2.75, 3.05) is 0 Å². The summed E-state index contributed by atoms with van der Waals surface area (Å²) in [6.07, 6.45) is 0.878. The maximum atomic E-state index is 13.9. The first-order valence-electron chi connectivity index (χ1n) is 6.75. The van der Waals surface area contributed by atoms with Gasteiger partial charge in [0, 0.05) is 11.6 Å². The zero-order valence-corrected chi connectivity index (χ0v) is 12.2. The van der Waals surface area contributed by atoms with E-state index in [2.05, 4.69) is 4.98 Å². The van der Waals surface area contributed by atoms with Crippen LogP contribution >= 0.6 is 11.6 Å². The number of aromatic nitrogens is 2. The molecule has 3 nitrogen and oxygen atoms in total. The Morgan fingerprint density at radius 2 is 2.10 bits per heavy atom. The van der Waals surface area contributed by atoms with Gasteiger partial charge in [0.05, 0.1) is 11.1 Å². The molecule has 2 aromatic carbocycles. The molecule has 3 aromatic rings. The minimum Gasteiger partial charge on any atom is -0.507 e. The minimum absolute atomic E-state index is 0.0376. The molecule has 0 aliphatic rings. The highest BCUT2D eigenvalue weighted by Gasteiger charge is 2.17. The van der Waals surface area contributed by atoms with Crippen molar-refractivity contribution in [3.05, 3.63) is 47.2 Å². The molecule has 0 aliphatic heterocycles. The lowest BCUT2D eigenvalue weighted by atomic mass is 10.2. The molecule has 0 amide bonds. The number of halogens is 2. The first-order valence-corrected chi connectivity index (χ1v) is 7.13. The second-order valence-electron chi connectivity index (χ2n) is 4.86. The number of benzene rings is 2. The molecule has 0 radical (unpaired) electrons. The second kappa shape index (κ2) is 5.37. The number of phenols is 1. The van der Waals surface area contributed by atoms with Crippen molar-refractivity contribution in [2.24, 2.45) is 0 Å². The summed E-state index contributed by atoms with van der Waals surface area (Å²) in [4.78, 5) is 4.38. The molecule has 0 saturated carbocycles. The van der Waals surface area contributed by atoms with E-state index in [-0.39, 0.29) is 11.6 Å². The van der Waals surface area contributed by atoms with Crippen LogP contribution < -0.4 is 0 Å². The Labute approximate surface area is 126 Å². The van der Waals surface area contributed by atoms with Crippen molar-refractivity contribution >= 4 is 22.6 Å². The number of fused-ring (bicyclic) bond motifs is 1. The normalized spacial score (nSPS) is 11.2. The highest BCUT2D eigenvalue weighted by Crippen LogP contribution is 2.33. The van der Waals surface area contributed by atoms with E-state index in [1.165, 1.54) is 12.1 Å². The summed E-state index contributed by atoms with van der Waals surface area (Å²) in [5.74, 6) is 0.221. The lowest BCUT2D eigenvalue weighted by Gasteiger charge is -2.09. The van der Waals surface area contributed by atoms with Crippen LogP contribution in [-0.2, 0) is 6.54 Å². The molecule has 21 heavy (non-hydrogen) atoms. The Bertz CT molecular complexity index is 813. The highest BCUT2D eigenvalue weighted by molar-refractivity contribution is 6.30. The molecular weight excluding hydrogens is 291 g/mol. The number of hydrogen-bond acceptors (Lipinski definition) is 2. The summed E-state index contributed by atoms with van der Waals surface area (Å²) in [6.45, 7) is 2.73. The van der Waals surface area contributed by atoms with Crippen molar-refractivity contribution in [1.82, 2.24) is 9.55 Å². The maximum Gasteiger partial charge on any atom is 0.151 e. The summed E-state index contributed by atoms with van der Waals surface area (Å²) in [7, 11) is 0. The molecule has 3 rings (SSSR count). The lowest BCUT2D eigenvalue weighted by molar-refractivity contribution is 0.476. The summed E-state index contributed by atoms with van der Waals surface area (Å²) < 4.78 is 15.9. The first-order chi connectivity index (χ1) is 10.1. The van der Waals surface area contributed by atoms with Crippen LogP contribution in [0.4, 0.5) is 4.39 Å². The van der Waals surface area contributed by atoms with Crippen molar-refractivity contribution in [3.63, 3.8) is 0 Å². The largest absolute Gasteiger partial charge is 0.507 e. The monoisotopic (exact) mass is 304 g/mol. The Balaban J connectivity index is 2.30. The molecular formula is C16H14ClFN2O. The minimum atomic E-state index is -0.364. The SMILES string of the molecule is CCCn1c(-c2ccc(Cl)cc2O)nc2c(F)cccc21. The van der Waals surface area contributed by atoms with Crippen LogP contribution in [0.25, 0.3) is 22.4 Å². The maximum absolute atomic E-state index is 13.9. The summed E-state index contributed by atoms with van der Waals surface area (Å²) in [5, 5.41) is 10.5. The van der Waals surface area contributed by atoms with Gasteiger partial charge >= 0.3 is 0 Å². The quantitative estimate of drug-likeness (QED) is 0.767. The van der Waals surface area contributed by atoms with E-state index in [0.29, 0.717) is 28.5 Å². The molecule has 0 saturated heterocycles. The van der Waals surface area contributed by atoms with Gasteiger partial charge in [-0.25, -0.2) is 9.37 Å². The van der Waals surface area contributed by atoms with Crippen LogP contribution in [-0.4, -0.2) is 14.7 Å². The predicted molar refractivity (Wildman–Crippen MR) is 82.1 cm³/mol. The molecule has 1 N–H and O–H groups in total. The van der Waals surface area contributed by atoms with Crippen LogP contribution in [0.1, 0.15) is 13.3 Å². The van der Waals surface area contributed by atoms with E-state index < -0.39 is 0 Å². The third kappa shape index (κ3) is 2.36. The number of aryl methyl sites for hydroxylation is 1. The van der Waals surface area contributed by atoms with Gasteiger partial charge in [0.2, 0.25) is 0 Å². The topological polar surface area (TPSA) is 38.0 Å². The molecule has 0 fully saturated rings. The average molecular weight is 305 g/mol. The van der Waals surface area contributed by atoms with Crippen LogP contribution in [0.5, 0.6) is 5.75 Å². The van der Waals surface area contributed by atoms with E-state index in [1.807, 2.05) is 17.6 Å². The summed E-state index contributed by atoms with van der Waals surface area (Å²) in [6, 6.07) is 9.72. The fourth-order valence-electron chi connectivity index (χ4n) is 2.46. The summed E-state index contributed by atoms with van der Waals surface area (Å²) >= 11 is 5.86. The average Bonchev–Trinajstić information content (AvgIpc) is 2.80. The number of phenolic OH excluding ortho intramolecular Hbond substituents is 1. The summed E-state index contributed by atoms with van der Waals surface area (Å²) in [5.41, 5.74) is 1.58. The van der Waals surface area contributed by atoms with Gasteiger partial charge in [-0.05, 0) is 36.8 Å². The molecule has 0 aliphatic carbocycles. The molecule has 0 bridgehead atoms. The van der Waals surface area contributed by atoms with Crippen molar-refractivity contribution < 1.29 is 9.50 Å². The Hall–Kier alpha value is -2.07. The van der Waals surface area contributed by atoms with Crippen LogP contribution in [0.2, 0.25) is 5.02 Å². The molecule has 0 atom stereocenters. The fourth-order valence-corrected chi connectivity index (χ4v) is 2.63. The molecule has 1 heterocycles. The van der Waals surface area contributed by atoms with E-state index in [1.54, 1.807) is 18.2 Å². The van der Waals surface area contributed by atoms with Gasteiger partial charge in [0.25, 0.3) is 0 Å². The van der Waals surface area contributed by atoms with Gasteiger partial charge in [-0.15, -0.1) is 0 Å². The van der Waals surface area contributed by atoms with Crippen molar-refractivity contribution in [2.45, 2.75) is 19.9 Å². The van der Waals surface area contributed by atoms with Crippen LogP contribution in [0, 0.1) is 5.82 Å². The predicted octanol–water partition coefficient (Wildman–Crippen LogP) is 4.61. The molecule has 108 valence electrons. The molecule has 5 heteroatoms. The van der Waals surface area contributed by atoms with E-state index in [0.717, 1.165) is 11.9 Å². The Kier molecular flexibility index (Phi) is 3.55. The fraction of sp³-hybridized carbons (Fsp3) is 0.188. The lowest BCUT2D eigenvalue weighted by Crippen LogP contribution is -1.99. The number of para-hydroxylation sites is 1. The number of aromatic hydroxyl groups is 1. The number of rotatable bonds is 3. The second-order valence-corrected chi connectivity index (χ2v) is 5.29. The van der Waals surface area contributed by atoms with Gasteiger partial charge in [-0.2, -0.15) is 0 Å². The van der Waals surface area contributed by atoms with Crippen molar-refractivity contribution in [3.8, 4) is 17.1 Å². The number of nitrogens with zero attached hydrogens (tertiary/aromatic N) is 2. The van der Waals surface area contributed by atoms with Gasteiger partial charge in [0.15, 0.2) is 5.82 Å². The van der Waals surface area contributed by atoms with E-state index in [4.69, 9.17) is 11.6 Å².